The molecule has 108 valence electrons. The van der Waals surface area contributed by atoms with Crippen molar-refractivity contribution in [3.05, 3.63) is 0 Å². The van der Waals surface area contributed by atoms with Crippen LogP contribution in [-0.4, -0.2) is 31.2 Å². The molecular weight excluding hydrogens is 267 g/mol. The Bertz CT molecular complexity index is 228. The van der Waals surface area contributed by atoms with Crippen LogP contribution in [0, 0.1) is 0 Å². The fraction of sp³-hybridized carbons (Fsp3) is 1.00. The molecule has 0 aliphatic carbocycles. The van der Waals surface area contributed by atoms with Gasteiger partial charge in [-0.05, 0) is 6.42 Å². The average molecular weight is 287 g/mol. The monoisotopic (exact) mass is 287 g/mol. The van der Waals surface area contributed by atoms with Crippen LogP contribution < -0.4 is 0 Å². The second kappa shape index (κ2) is 4.57. The zero-order chi connectivity index (χ0) is 13.9. The summed E-state index contributed by atoms with van der Waals surface area (Å²) in [7, 11) is -8.25. The van der Waals surface area contributed by atoms with E-state index < -0.39 is 7.81 Å². The van der Waals surface area contributed by atoms with E-state index in [0.717, 1.165) is 0 Å². The summed E-state index contributed by atoms with van der Waals surface area (Å²) in [4.78, 5) is 0. The fourth-order valence-electron chi connectivity index (χ4n) is 1.86. The third-order valence-corrected chi connectivity index (χ3v) is 2.70. The van der Waals surface area contributed by atoms with Gasteiger partial charge in [0.05, 0.1) is 26.7 Å². The molecule has 8 heteroatoms. The Morgan fingerprint density at radius 2 is 1.29 bits per heavy atom. The van der Waals surface area contributed by atoms with Gasteiger partial charge in [-0.1, -0.05) is 13.3 Å². The van der Waals surface area contributed by atoms with Crippen molar-refractivity contribution in [2.24, 2.45) is 0 Å². The molecule has 0 saturated carbocycles. The number of nitrogens with zero attached hydrogens (tertiary/aromatic N) is 1. The summed E-state index contributed by atoms with van der Waals surface area (Å²) >= 11 is 0. The van der Waals surface area contributed by atoms with Crippen LogP contribution in [0.1, 0.15) is 32.6 Å². The molecule has 0 spiro atoms. The zero-order valence-electron chi connectivity index (χ0n) is 10.1. The van der Waals surface area contributed by atoms with Gasteiger partial charge in [-0.15, -0.1) is 0 Å². The van der Waals surface area contributed by atoms with Gasteiger partial charge in [-0.25, -0.2) is 0 Å². The van der Waals surface area contributed by atoms with Crippen LogP contribution in [-0.2, 0) is 0 Å². The van der Waals surface area contributed by atoms with E-state index >= 15 is 0 Å². The summed E-state index contributed by atoms with van der Waals surface area (Å²) in [6, 6.07) is 0. The van der Waals surface area contributed by atoms with Crippen molar-refractivity contribution in [2.45, 2.75) is 32.6 Å². The first kappa shape index (κ1) is 17.0. The number of quaternary nitrogens is 1. The predicted molar refractivity (Wildman–Crippen MR) is 58.5 cm³/mol. The number of unbranched alkanes of at least 4 members (excludes halogenated alkanes) is 1. The van der Waals surface area contributed by atoms with Crippen molar-refractivity contribution < 1.29 is 29.7 Å². The first-order valence-electron chi connectivity index (χ1n) is 5.62. The summed E-state index contributed by atoms with van der Waals surface area (Å²) in [6.45, 7) is 6.55. The normalized spacial score (nSPS) is 23.3. The van der Waals surface area contributed by atoms with Crippen LogP contribution in [0.2, 0.25) is 0 Å². The molecule has 17 heavy (non-hydrogen) atoms. The minimum absolute atomic E-state index is 1.36. The van der Waals surface area contributed by atoms with Crippen LogP contribution in [0.4, 0.5) is 25.2 Å². The average Bonchev–Trinajstić information content (AvgIpc) is 2.44. The van der Waals surface area contributed by atoms with Gasteiger partial charge in [0.15, 0.2) is 0 Å². The molecule has 0 bridgehead atoms. The molecule has 0 radical (unpaired) electrons. The van der Waals surface area contributed by atoms with E-state index in [1.54, 1.807) is 0 Å². The van der Waals surface area contributed by atoms with Gasteiger partial charge >= 0.3 is 33.0 Å². The first-order chi connectivity index (χ1) is 7.22. The zero-order valence-corrected chi connectivity index (χ0v) is 11.0. The van der Waals surface area contributed by atoms with Gasteiger partial charge in [0.2, 0.25) is 0 Å². The van der Waals surface area contributed by atoms with Gasteiger partial charge in [-0.2, -0.15) is 0 Å². The first-order valence-corrected chi connectivity index (χ1v) is 7.65. The summed E-state index contributed by atoms with van der Waals surface area (Å²) in [6.07, 6.45) is 5.69. The van der Waals surface area contributed by atoms with Crippen molar-refractivity contribution >= 4 is 7.81 Å². The molecule has 0 N–H and O–H groups in total. The summed E-state index contributed by atoms with van der Waals surface area (Å²) in [5, 5.41) is 0. The van der Waals surface area contributed by atoms with Gasteiger partial charge in [-0.3, -0.25) is 0 Å². The Morgan fingerprint density at radius 3 is 1.59 bits per heavy atom. The van der Waals surface area contributed by atoms with Crippen LogP contribution in [0.3, 0.4) is 0 Å². The SMILES string of the molecule is CCCC[N+]1(C)CCCC1.F[P-](F)(F)(F)(F)F. The molecule has 1 rings (SSSR count). The van der Waals surface area contributed by atoms with Gasteiger partial charge < -0.3 is 4.48 Å². The second-order valence-electron chi connectivity index (χ2n) is 4.81. The Morgan fingerprint density at radius 1 is 0.941 bits per heavy atom. The maximum absolute atomic E-state index is 10.7. The van der Waals surface area contributed by atoms with Crippen LogP contribution in [0.25, 0.3) is 0 Å². The van der Waals surface area contributed by atoms with Crippen molar-refractivity contribution in [3.63, 3.8) is 0 Å². The molecule has 1 aliphatic heterocycles. The van der Waals surface area contributed by atoms with Crippen LogP contribution >= 0.6 is 7.81 Å². The van der Waals surface area contributed by atoms with E-state index in [1.165, 1.54) is 49.8 Å². The number of hydrogen-bond acceptors (Lipinski definition) is 0. The molecule has 1 nitrogen and oxygen atoms in total. The van der Waals surface area contributed by atoms with Gasteiger partial charge in [0.1, 0.15) is 0 Å². The minimum atomic E-state index is -10.7. The Kier molecular flexibility index (Phi) is 4.57. The van der Waals surface area contributed by atoms with Crippen molar-refractivity contribution in [3.8, 4) is 0 Å². The topological polar surface area (TPSA) is 0 Å². The quantitative estimate of drug-likeness (QED) is 0.370. The van der Waals surface area contributed by atoms with Crippen molar-refractivity contribution in [2.75, 3.05) is 26.7 Å². The third kappa shape index (κ3) is 16.0. The molecular formula is C9H20F6NP. The van der Waals surface area contributed by atoms with Gasteiger partial charge in [0, 0.05) is 12.8 Å². The Hall–Kier alpha value is -0.0300. The molecule has 0 aromatic rings. The molecule has 1 heterocycles. The summed E-state index contributed by atoms with van der Waals surface area (Å²) in [5.41, 5.74) is 0. The second-order valence-corrected chi connectivity index (χ2v) is 6.73. The molecule has 1 saturated heterocycles. The van der Waals surface area contributed by atoms with Crippen LogP contribution in [0.15, 0.2) is 0 Å². The summed E-state index contributed by atoms with van der Waals surface area (Å²) in [5.74, 6) is 0. The third-order valence-electron chi connectivity index (χ3n) is 2.70. The van der Waals surface area contributed by atoms with E-state index in [2.05, 4.69) is 14.0 Å². The van der Waals surface area contributed by atoms with Gasteiger partial charge in [0.25, 0.3) is 0 Å². The fourth-order valence-corrected chi connectivity index (χ4v) is 1.86. The standard InChI is InChI=1S/C9H20N.F6P/c1-3-4-7-10(2)8-5-6-9-10;1-7(2,3,4,5)6/h3-9H2,1-2H3;/q+1;-1. The van der Waals surface area contributed by atoms with E-state index in [-0.39, 0.29) is 0 Å². The molecule has 1 fully saturated rings. The molecule has 1 aliphatic rings. The molecule has 0 atom stereocenters. The van der Waals surface area contributed by atoms with E-state index in [1.807, 2.05) is 0 Å². The number of halogens is 6. The van der Waals surface area contributed by atoms with E-state index in [9.17, 15) is 25.2 Å². The predicted octanol–water partition coefficient (Wildman–Crippen LogP) is 5.41. The molecule has 0 aromatic carbocycles. The van der Waals surface area contributed by atoms with E-state index in [0.29, 0.717) is 0 Å². The molecule has 0 unspecified atom stereocenters. The molecule has 0 aromatic heterocycles. The number of hydrogen-bond donors (Lipinski definition) is 0. The summed E-state index contributed by atoms with van der Waals surface area (Å²) < 4.78 is 60.5. The van der Waals surface area contributed by atoms with Crippen molar-refractivity contribution in [1.82, 2.24) is 0 Å². The van der Waals surface area contributed by atoms with E-state index in [4.69, 9.17) is 0 Å². The Balaban J connectivity index is 0.000000325. The van der Waals surface area contributed by atoms with Crippen molar-refractivity contribution in [1.29, 1.82) is 0 Å². The molecule has 0 amide bonds. The van der Waals surface area contributed by atoms with Crippen LogP contribution in [0.5, 0.6) is 0 Å². The number of rotatable bonds is 3. The maximum atomic E-state index is 9.87. The number of likely N-dealkylation sites (tertiary alicyclic amines) is 1. The Labute approximate surface area is 97.6 Å².